The zero-order valence-electron chi connectivity index (χ0n) is 9.90. The highest BCUT2D eigenvalue weighted by Gasteiger charge is 2.09. The number of aliphatic hydroxyl groups excluding tert-OH is 1. The topological polar surface area (TPSA) is 56.4 Å². The van der Waals surface area contributed by atoms with Crippen molar-refractivity contribution in [2.75, 3.05) is 13.2 Å². The zero-order valence-corrected chi connectivity index (χ0v) is 9.90. The molecular formula is C12H19NO3. The molecular weight excluding hydrogens is 206 g/mol. The molecule has 0 spiro atoms. The molecule has 90 valence electrons. The van der Waals surface area contributed by atoms with Crippen molar-refractivity contribution in [3.8, 4) is 5.75 Å². The van der Waals surface area contributed by atoms with Gasteiger partial charge in [0.05, 0.1) is 12.2 Å². The van der Waals surface area contributed by atoms with Crippen molar-refractivity contribution >= 4 is 0 Å². The highest BCUT2D eigenvalue weighted by molar-refractivity contribution is 5.31. The molecule has 1 rings (SSSR count). The molecule has 1 N–H and O–H groups in total. The molecule has 0 bridgehead atoms. The number of hydrogen-bond acceptors (Lipinski definition) is 3. The Balaban J connectivity index is 2.45. The second kappa shape index (κ2) is 6.33. The van der Waals surface area contributed by atoms with E-state index in [1.807, 2.05) is 6.92 Å². The van der Waals surface area contributed by atoms with Crippen LogP contribution in [0.3, 0.4) is 0 Å². The average molecular weight is 225 g/mol. The molecule has 0 aromatic carbocycles. The fourth-order valence-electron chi connectivity index (χ4n) is 1.44. The molecule has 4 nitrogen and oxygen atoms in total. The largest absolute Gasteiger partial charge is 0.618 e. The zero-order chi connectivity index (χ0) is 12.0. The minimum atomic E-state index is 0.236. The lowest BCUT2D eigenvalue weighted by Gasteiger charge is -2.10. The molecule has 1 heterocycles. The fraction of sp³-hybridized carbons (Fsp3) is 0.583. The van der Waals surface area contributed by atoms with Gasteiger partial charge in [0, 0.05) is 19.6 Å². The summed E-state index contributed by atoms with van der Waals surface area (Å²) in [4.78, 5) is 0. The van der Waals surface area contributed by atoms with E-state index in [9.17, 15) is 5.21 Å². The number of pyridine rings is 1. The van der Waals surface area contributed by atoms with Gasteiger partial charge in [0.15, 0.2) is 11.9 Å². The van der Waals surface area contributed by atoms with Gasteiger partial charge < -0.3 is 15.1 Å². The van der Waals surface area contributed by atoms with Gasteiger partial charge in [-0.1, -0.05) is 0 Å². The van der Waals surface area contributed by atoms with Crippen LogP contribution in [-0.4, -0.2) is 18.3 Å². The molecule has 0 radical (unpaired) electrons. The number of nitrogens with zero attached hydrogens (tertiary/aromatic N) is 1. The summed E-state index contributed by atoms with van der Waals surface area (Å²) in [6, 6.07) is 1.70. The van der Waals surface area contributed by atoms with Gasteiger partial charge in [0.2, 0.25) is 0 Å². The lowest BCUT2D eigenvalue weighted by atomic mass is 10.2. The van der Waals surface area contributed by atoms with Crippen LogP contribution in [-0.2, 0) is 0 Å². The van der Waals surface area contributed by atoms with Crippen LogP contribution in [0.4, 0.5) is 0 Å². The Morgan fingerprint density at radius 2 is 2.06 bits per heavy atom. The van der Waals surface area contributed by atoms with E-state index in [-0.39, 0.29) is 6.61 Å². The van der Waals surface area contributed by atoms with Crippen molar-refractivity contribution in [3.05, 3.63) is 28.7 Å². The number of rotatable bonds is 6. The van der Waals surface area contributed by atoms with E-state index in [1.54, 1.807) is 13.0 Å². The number of ether oxygens (including phenoxy) is 1. The van der Waals surface area contributed by atoms with Crippen molar-refractivity contribution in [3.63, 3.8) is 0 Å². The van der Waals surface area contributed by atoms with Gasteiger partial charge in [-0.15, -0.1) is 0 Å². The average Bonchev–Trinajstić information content (AvgIpc) is 2.28. The van der Waals surface area contributed by atoms with Gasteiger partial charge >= 0.3 is 0 Å². The van der Waals surface area contributed by atoms with E-state index in [4.69, 9.17) is 9.84 Å². The summed E-state index contributed by atoms with van der Waals surface area (Å²) >= 11 is 0. The minimum absolute atomic E-state index is 0.236. The lowest BCUT2D eigenvalue weighted by Crippen LogP contribution is -2.30. The first-order chi connectivity index (χ1) is 7.66. The first kappa shape index (κ1) is 12.8. The van der Waals surface area contributed by atoms with Crippen LogP contribution in [0.15, 0.2) is 12.3 Å². The number of aliphatic hydroxyl groups is 1. The summed E-state index contributed by atoms with van der Waals surface area (Å²) in [6.07, 6.45) is 4.16. The summed E-state index contributed by atoms with van der Waals surface area (Å²) < 4.78 is 6.43. The van der Waals surface area contributed by atoms with Crippen LogP contribution >= 0.6 is 0 Å². The van der Waals surface area contributed by atoms with Crippen LogP contribution in [0, 0.1) is 19.1 Å². The van der Waals surface area contributed by atoms with Crippen molar-refractivity contribution in [2.45, 2.75) is 33.1 Å². The quantitative estimate of drug-likeness (QED) is 0.453. The van der Waals surface area contributed by atoms with Crippen LogP contribution in [0.2, 0.25) is 0 Å². The second-order valence-corrected chi connectivity index (χ2v) is 3.85. The van der Waals surface area contributed by atoms with Crippen molar-refractivity contribution in [1.82, 2.24) is 0 Å². The Hall–Kier alpha value is -1.29. The predicted molar refractivity (Wildman–Crippen MR) is 61.3 cm³/mol. The summed E-state index contributed by atoms with van der Waals surface area (Å²) in [5.41, 5.74) is 1.56. The fourth-order valence-corrected chi connectivity index (χ4v) is 1.44. The molecule has 0 saturated heterocycles. The molecule has 0 amide bonds. The standard InChI is InChI=1S/C12H19NO3/c1-10-11(2)13(15)7-6-12(10)16-9-5-3-4-8-14/h6-7,14H,3-5,8-9H2,1-2H3. The molecule has 0 aliphatic rings. The second-order valence-electron chi connectivity index (χ2n) is 3.85. The smallest absolute Gasteiger partial charge is 0.196 e. The first-order valence-corrected chi connectivity index (χ1v) is 5.60. The van der Waals surface area contributed by atoms with Gasteiger partial charge in [-0.25, -0.2) is 0 Å². The Kier molecular flexibility index (Phi) is 5.05. The Morgan fingerprint density at radius 3 is 2.75 bits per heavy atom. The molecule has 0 atom stereocenters. The molecule has 1 aromatic rings. The van der Waals surface area contributed by atoms with Gasteiger partial charge in [-0.05, 0) is 26.2 Å². The van der Waals surface area contributed by atoms with Crippen molar-refractivity contribution in [2.24, 2.45) is 0 Å². The van der Waals surface area contributed by atoms with Crippen molar-refractivity contribution in [1.29, 1.82) is 0 Å². The minimum Gasteiger partial charge on any atom is -0.618 e. The summed E-state index contributed by atoms with van der Waals surface area (Å²) in [6.45, 7) is 4.52. The third-order valence-corrected chi connectivity index (χ3v) is 2.66. The van der Waals surface area contributed by atoms with E-state index in [2.05, 4.69) is 0 Å². The van der Waals surface area contributed by atoms with Crippen LogP contribution in [0.25, 0.3) is 0 Å². The van der Waals surface area contributed by atoms with Crippen LogP contribution in [0.1, 0.15) is 30.5 Å². The Labute approximate surface area is 96.1 Å². The van der Waals surface area contributed by atoms with Crippen LogP contribution in [0.5, 0.6) is 5.75 Å². The molecule has 0 fully saturated rings. The first-order valence-electron chi connectivity index (χ1n) is 5.60. The molecule has 16 heavy (non-hydrogen) atoms. The van der Waals surface area contributed by atoms with E-state index in [1.165, 1.54) is 6.20 Å². The SMILES string of the molecule is Cc1c(OCCCCCO)cc[n+]([O-])c1C. The third kappa shape index (κ3) is 3.38. The monoisotopic (exact) mass is 225 g/mol. The van der Waals surface area contributed by atoms with Gasteiger partial charge in [-0.2, -0.15) is 4.73 Å². The lowest BCUT2D eigenvalue weighted by molar-refractivity contribution is -0.612. The molecule has 0 aliphatic heterocycles. The predicted octanol–water partition coefficient (Wildman–Crippen LogP) is 1.48. The molecule has 4 heteroatoms. The third-order valence-electron chi connectivity index (χ3n) is 2.66. The van der Waals surface area contributed by atoms with Gasteiger partial charge in [-0.3, -0.25) is 0 Å². The summed E-state index contributed by atoms with van der Waals surface area (Å²) in [5, 5.41) is 19.9. The van der Waals surface area contributed by atoms with Gasteiger partial charge in [0.25, 0.3) is 0 Å². The Morgan fingerprint density at radius 1 is 1.31 bits per heavy atom. The van der Waals surface area contributed by atoms with Crippen LogP contribution < -0.4 is 9.47 Å². The van der Waals surface area contributed by atoms with E-state index < -0.39 is 0 Å². The van der Waals surface area contributed by atoms with Crippen molar-refractivity contribution < 1.29 is 14.6 Å². The maximum Gasteiger partial charge on any atom is 0.196 e. The Bertz CT molecular complexity index is 339. The summed E-state index contributed by atoms with van der Waals surface area (Å²) in [7, 11) is 0. The highest BCUT2D eigenvalue weighted by atomic mass is 16.5. The number of aromatic nitrogens is 1. The molecule has 0 unspecified atom stereocenters. The normalized spacial score (nSPS) is 10.4. The maximum atomic E-state index is 11.2. The number of unbranched alkanes of at least 4 members (excludes halogenated alkanes) is 2. The van der Waals surface area contributed by atoms with Gasteiger partial charge in [0.1, 0.15) is 5.75 Å². The molecule has 0 saturated carbocycles. The van der Waals surface area contributed by atoms with E-state index >= 15 is 0 Å². The van der Waals surface area contributed by atoms with E-state index in [0.29, 0.717) is 12.3 Å². The molecule has 1 aromatic heterocycles. The summed E-state index contributed by atoms with van der Waals surface area (Å²) in [5.74, 6) is 0.772. The maximum absolute atomic E-state index is 11.2. The molecule has 0 aliphatic carbocycles. The highest BCUT2D eigenvalue weighted by Crippen LogP contribution is 2.18. The number of hydrogen-bond donors (Lipinski definition) is 1. The van der Waals surface area contributed by atoms with E-state index in [0.717, 1.165) is 35.3 Å².